The molecule has 0 heterocycles. The molecule has 1 N–H and O–H groups in total. The molecule has 2 nitrogen and oxygen atoms in total. The molecule has 0 radical (unpaired) electrons. The highest BCUT2D eigenvalue weighted by Gasteiger charge is 2.15. The molecule has 14 heavy (non-hydrogen) atoms. The van der Waals surface area contributed by atoms with Crippen molar-refractivity contribution in [2.45, 2.75) is 32.3 Å². The van der Waals surface area contributed by atoms with Crippen LogP contribution in [0.5, 0.6) is 0 Å². The predicted molar refractivity (Wildman–Crippen MR) is 56.1 cm³/mol. The van der Waals surface area contributed by atoms with Crippen LogP contribution in [0.1, 0.15) is 31.4 Å². The van der Waals surface area contributed by atoms with Gasteiger partial charge in [-0.3, -0.25) is 0 Å². The summed E-state index contributed by atoms with van der Waals surface area (Å²) in [6.45, 7) is 3.51. The number of hydrogen-bond acceptors (Lipinski definition) is 2. The van der Waals surface area contributed by atoms with E-state index >= 15 is 0 Å². The second-order valence-electron chi connectivity index (χ2n) is 3.96. The Hall–Kier alpha value is -1.15. The van der Waals surface area contributed by atoms with Gasteiger partial charge in [-0.1, -0.05) is 24.3 Å². The summed E-state index contributed by atoms with van der Waals surface area (Å²) in [4.78, 5) is 10.2. The van der Waals surface area contributed by atoms with E-state index in [1.165, 1.54) is 0 Å². The van der Waals surface area contributed by atoms with Crippen LogP contribution < -0.4 is 0 Å². The van der Waals surface area contributed by atoms with Gasteiger partial charge >= 0.3 is 0 Å². The maximum Gasteiger partial charge on any atom is 0.120 e. The van der Waals surface area contributed by atoms with Gasteiger partial charge in [0, 0.05) is 6.42 Å². The van der Waals surface area contributed by atoms with Gasteiger partial charge in [-0.05, 0) is 31.4 Å². The SMILES string of the molecule is CC(C)(O)c1cccc(CCC=O)c1. The third-order valence-corrected chi connectivity index (χ3v) is 2.18. The number of aliphatic hydroxyl groups is 1. The van der Waals surface area contributed by atoms with Crippen LogP contribution in [-0.4, -0.2) is 11.4 Å². The largest absolute Gasteiger partial charge is 0.386 e. The first-order chi connectivity index (χ1) is 6.54. The highest BCUT2D eigenvalue weighted by Crippen LogP contribution is 2.20. The Bertz CT molecular complexity index is 310. The van der Waals surface area contributed by atoms with Gasteiger partial charge < -0.3 is 9.90 Å². The molecule has 2 heteroatoms. The molecule has 0 aliphatic heterocycles. The fraction of sp³-hybridized carbons (Fsp3) is 0.417. The second-order valence-corrected chi connectivity index (χ2v) is 3.96. The van der Waals surface area contributed by atoms with E-state index < -0.39 is 5.60 Å². The summed E-state index contributed by atoms with van der Waals surface area (Å²) >= 11 is 0. The van der Waals surface area contributed by atoms with E-state index in [0.717, 1.165) is 23.8 Å². The van der Waals surface area contributed by atoms with Gasteiger partial charge in [0.1, 0.15) is 6.29 Å². The van der Waals surface area contributed by atoms with Crippen LogP contribution in [-0.2, 0) is 16.8 Å². The van der Waals surface area contributed by atoms with E-state index in [1.54, 1.807) is 13.8 Å². The molecule has 0 saturated carbocycles. The molecule has 0 bridgehead atoms. The van der Waals surface area contributed by atoms with Crippen molar-refractivity contribution in [3.63, 3.8) is 0 Å². The lowest BCUT2D eigenvalue weighted by Gasteiger charge is -2.18. The van der Waals surface area contributed by atoms with E-state index in [0.29, 0.717) is 6.42 Å². The number of hydrogen-bond donors (Lipinski definition) is 1. The van der Waals surface area contributed by atoms with Crippen molar-refractivity contribution < 1.29 is 9.90 Å². The zero-order valence-electron chi connectivity index (χ0n) is 8.66. The third-order valence-electron chi connectivity index (χ3n) is 2.18. The summed E-state index contributed by atoms with van der Waals surface area (Å²) in [5, 5.41) is 9.77. The molecule has 1 rings (SSSR count). The molecular formula is C12H16O2. The van der Waals surface area contributed by atoms with Crippen LogP contribution in [0.15, 0.2) is 24.3 Å². The Kier molecular flexibility index (Phi) is 3.42. The summed E-state index contributed by atoms with van der Waals surface area (Å²) < 4.78 is 0. The predicted octanol–water partition coefficient (Wildman–Crippen LogP) is 2.05. The second kappa shape index (κ2) is 4.38. The minimum absolute atomic E-state index is 0.537. The molecule has 0 saturated heterocycles. The normalized spacial score (nSPS) is 11.4. The zero-order chi connectivity index (χ0) is 10.6. The number of carbonyl (C=O) groups excluding carboxylic acids is 1. The molecule has 1 aromatic carbocycles. The molecule has 0 aromatic heterocycles. The van der Waals surface area contributed by atoms with E-state index in [-0.39, 0.29) is 0 Å². The molecule has 0 atom stereocenters. The summed E-state index contributed by atoms with van der Waals surface area (Å²) in [6, 6.07) is 7.72. The fourth-order valence-corrected chi connectivity index (χ4v) is 1.33. The number of aldehydes is 1. The lowest BCUT2D eigenvalue weighted by atomic mass is 9.95. The summed E-state index contributed by atoms with van der Waals surface area (Å²) in [6.07, 6.45) is 2.19. The van der Waals surface area contributed by atoms with Crippen LogP contribution >= 0.6 is 0 Å². The Labute approximate surface area is 84.6 Å². The van der Waals surface area contributed by atoms with Gasteiger partial charge in [0.25, 0.3) is 0 Å². The van der Waals surface area contributed by atoms with Crippen LogP contribution in [0.25, 0.3) is 0 Å². The first-order valence-corrected chi connectivity index (χ1v) is 4.79. The van der Waals surface area contributed by atoms with E-state index in [9.17, 15) is 9.90 Å². The smallest absolute Gasteiger partial charge is 0.120 e. The van der Waals surface area contributed by atoms with Crippen LogP contribution in [0.3, 0.4) is 0 Å². The molecule has 76 valence electrons. The molecule has 0 amide bonds. The summed E-state index contributed by atoms with van der Waals surface area (Å²) in [5.74, 6) is 0. The molecule has 0 aliphatic rings. The molecule has 0 aliphatic carbocycles. The Morgan fingerprint density at radius 2 is 2.14 bits per heavy atom. The number of aryl methyl sites for hydroxylation is 1. The van der Waals surface area contributed by atoms with Gasteiger partial charge in [0.2, 0.25) is 0 Å². The van der Waals surface area contributed by atoms with Crippen LogP contribution in [0.4, 0.5) is 0 Å². The van der Waals surface area contributed by atoms with Gasteiger partial charge in [0.05, 0.1) is 5.60 Å². The van der Waals surface area contributed by atoms with Crippen molar-refractivity contribution in [1.82, 2.24) is 0 Å². The van der Waals surface area contributed by atoms with E-state index in [1.807, 2.05) is 24.3 Å². The molecule has 1 aromatic rings. The number of rotatable bonds is 4. The Balaban J connectivity index is 2.84. The monoisotopic (exact) mass is 192 g/mol. The maximum atomic E-state index is 10.2. The van der Waals surface area contributed by atoms with Crippen molar-refractivity contribution in [2.75, 3.05) is 0 Å². The Morgan fingerprint density at radius 1 is 1.43 bits per heavy atom. The van der Waals surface area contributed by atoms with Crippen LogP contribution in [0, 0.1) is 0 Å². The topological polar surface area (TPSA) is 37.3 Å². The molecule has 0 fully saturated rings. The van der Waals surface area contributed by atoms with Gasteiger partial charge in [-0.15, -0.1) is 0 Å². The fourth-order valence-electron chi connectivity index (χ4n) is 1.33. The minimum Gasteiger partial charge on any atom is -0.386 e. The standard InChI is InChI=1S/C12H16O2/c1-12(2,14)11-7-3-5-10(9-11)6-4-8-13/h3,5,7-9,14H,4,6H2,1-2H3. The third kappa shape index (κ3) is 2.96. The van der Waals surface area contributed by atoms with Crippen molar-refractivity contribution >= 4 is 6.29 Å². The summed E-state index contributed by atoms with van der Waals surface area (Å²) in [7, 11) is 0. The molecular weight excluding hydrogens is 176 g/mol. The van der Waals surface area contributed by atoms with Crippen molar-refractivity contribution in [3.8, 4) is 0 Å². The average Bonchev–Trinajstić information content (AvgIpc) is 2.14. The first-order valence-electron chi connectivity index (χ1n) is 4.79. The van der Waals surface area contributed by atoms with E-state index in [2.05, 4.69) is 0 Å². The zero-order valence-corrected chi connectivity index (χ0v) is 8.66. The molecule has 0 unspecified atom stereocenters. The maximum absolute atomic E-state index is 10.2. The van der Waals surface area contributed by atoms with Crippen molar-refractivity contribution in [1.29, 1.82) is 0 Å². The quantitative estimate of drug-likeness (QED) is 0.741. The lowest BCUT2D eigenvalue weighted by molar-refractivity contribution is -0.107. The molecule has 0 spiro atoms. The van der Waals surface area contributed by atoms with E-state index in [4.69, 9.17) is 0 Å². The van der Waals surface area contributed by atoms with Gasteiger partial charge in [-0.25, -0.2) is 0 Å². The Morgan fingerprint density at radius 3 is 2.71 bits per heavy atom. The van der Waals surface area contributed by atoms with Gasteiger partial charge in [-0.2, -0.15) is 0 Å². The summed E-state index contributed by atoms with van der Waals surface area (Å²) in [5.41, 5.74) is 1.18. The number of carbonyl (C=O) groups is 1. The minimum atomic E-state index is -0.808. The first kappa shape index (κ1) is 10.9. The van der Waals surface area contributed by atoms with Crippen molar-refractivity contribution in [3.05, 3.63) is 35.4 Å². The highest BCUT2D eigenvalue weighted by atomic mass is 16.3. The van der Waals surface area contributed by atoms with Gasteiger partial charge in [0.15, 0.2) is 0 Å². The highest BCUT2D eigenvalue weighted by molar-refractivity contribution is 5.50. The number of benzene rings is 1. The van der Waals surface area contributed by atoms with Crippen molar-refractivity contribution in [2.24, 2.45) is 0 Å². The average molecular weight is 192 g/mol. The lowest BCUT2D eigenvalue weighted by Crippen LogP contribution is -2.15. The van der Waals surface area contributed by atoms with Crippen LogP contribution in [0.2, 0.25) is 0 Å².